The van der Waals surface area contributed by atoms with Crippen molar-refractivity contribution < 1.29 is 22.5 Å². The van der Waals surface area contributed by atoms with E-state index in [1.165, 1.54) is 23.5 Å². The van der Waals surface area contributed by atoms with Crippen LogP contribution in [0.25, 0.3) is 10.6 Å². The van der Waals surface area contributed by atoms with Crippen molar-refractivity contribution in [3.8, 4) is 10.6 Å². The lowest BCUT2D eigenvalue weighted by Gasteiger charge is -2.08. The van der Waals surface area contributed by atoms with E-state index in [0.29, 0.717) is 16.1 Å². The van der Waals surface area contributed by atoms with Gasteiger partial charge >= 0.3 is 6.18 Å². The summed E-state index contributed by atoms with van der Waals surface area (Å²) < 4.78 is 43.5. The van der Waals surface area contributed by atoms with Crippen molar-refractivity contribution in [2.45, 2.75) is 12.7 Å². The highest BCUT2D eigenvalue weighted by molar-refractivity contribution is 9.11. The van der Waals surface area contributed by atoms with Gasteiger partial charge in [-0.1, -0.05) is 17.3 Å². The van der Waals surface area contributed by atoms with Crippen LogP contribution in [-0.2, 0) is 12.7 Å². The number of hydrogen-bond acceptors (Lipinski definition) is 5. The maximum absolute atomic E-state index is 12.6. The first-order valence-electron chi connectivity index (χ1n) is 7.21. The number of anilines is 1. The molecule has 10 heteroatoms. The van der Waals surface area contributed by atoms with Crippen LogP contribution in [0.15, 0.2) is 44.7 Å². The third-order valence-corrected chi connectivity index (χ3v) is 5.12. The molecular weight excluding hydrogens is 435 g/mol. The Morgan fingerprint density at radius 2 is 1.92 bits per heavy atom. The smallest absolute Gasteiger partial charge is 0.367 e. The molecule has 1 aromatic carbocycles. The Morgan fingerprint density at radius 1 is 1.23 bits per heavy atom. The zero-order chi connectivity index (χ0) is 18.9. The highest BCUT2D eigenvalue weighted by atomic mass is 79.9. The number of aromatic nitrogens is 1. The van der Waals surface area contributed by atoms with Crippen LogP contribution in [0.2, 0.25) is 0 Å². The van der Waals surface area contributed by atoms with Crippen LogP contribution in [0, 0.1) is 0 Å². The van der Waals surface area contributed by atoms with Crippen molar-refractivity contribution >= 4 is 39.1 Å². The number of carbonyl (C=O) groups is 1. The van der Waals surface area contributed by atoms with Crippen molar-refractivity contribution in [2.75, 3.05) is 5.73 Å². The molecule has 0 aliphatic carbocycles. The molecular formula is C16H11BrF3N3O2S. The molecule has 2 aromatic heterocycles. The zero-order valence-corrected chi connectivity index (χ0v) is 15.3. The minimum absolute atomic E-state index is 0.0369. The van der Waals surface area contributed by atoms with E-state index in [1.807, 2.05) is 0 Å². The van der Waals surface area contributed by atoms with Crippen molar-refractivity contribution in [3.63, 3.8) is 0 Å². The molecule has 5 nitrogen and oxygen atoms in total. The fraction of sp³-hybridized carbons (Fsp3) is 0.125. The molecule has 3 N–H and O–H groups in total. The number of halogens is 4. The second-order valence-corrected chi connectivity index (χ2v) is 7.71. The van der Waals surface area contributed by atoms with Crippen molar-refractivity contribution in [1.29, 1.82) is 0 Å². The van der Waals surface area contributed by atoms with Gasteiger partial charge in [0.1, 0.15) is 11.3 Å². The second-order valence-electron chi connectivity index (χ2n) is 5.25. The van der Waals surface area contributed by atoms with E-state index >= 15 is 0 Å². The number of nitrogens with two attached hydrogens (primary N) is 1. The van der Waals surface area contributed by atoms with Crippen molar-refractivity contribution in [1.82, 2.24) is 10.5 Å². The first kappa shape index (κ1) is 18.5. The van der Waals surface area contributed by atoms with Crippen molar-refractivity contribution in [3.05, 3.63) is 56.9 Å². The topological polar surface area (TPSA) is 81.2 Å². The number of nitrogens with one attached hydrogen (secondary N) is 1. The lowest BCUT2D eigenvalue weighted by atomic mass is 10.1. The zero-order valence-electron chi connectivity index (χ0n) is 12.9. The second kappa shape index (κ2) is 7.12. The Balaban J connectivity index is 1.74. The van der Waals surface area contributed by atoms with Gasteiger partial charge in [-0.05, 0) is 45.8 Å². The first-order valence-corrected chi connectivity index (χ1v) is 8.82. The summed E-state index contributed by atoms with van der Waals surface area (Å²) in [5, 5.41) is 6.43. The standard InChI is InChI=1S/C16H11BrF3N3O2S/c17-11-6-5-10(26-11)13-12(14(21)25-23-13)15(24)22-7-8-1-3-9(4-2-8)16(18,19)20/h1-6H,7,21H2,(H,22,24). The number of alkyl halides is 3. The molecule has 0 aliphatic heterocycles. The summed E-state index contributed by atoms with van der Waals surface area (Å²) in [6.45, 7) is 0.0369. The summed E-state index contributed by atoms with van der Waals surface area (Å²) >= 11 is 4.68. The number of nitrogens with zero attached hydrogens (tertiary/aromatic N) is 1. The van der Waals surface area contributed by atoms with Gasteiger partial charge in [-0.3, -0.25) is 4.79 Å². The third kappa shape index (κ3) is 3.91. The largest absolute Gasteiger partial charge is 0.416 e. The molecule has 1 amide bonds. The Kier molecular flexibility index (Phi) is 5.05. The highest BCUT2D eigenvalue weighted by Gasteiger charge is 2.30. The number of rotatable bonds is 4. The molecule has 0 radical (unpaired) electrons. The van der Waals surface area contributed by atoms with E-state index < -0.39 is 17.6 Å². The average Bonchev–Trinajstić information content (AvgIpc) is 3.18. The number of benzene rings is 1. The molecule has 2 heterocycles. The van der Waals surface area contributed by atoms with Gasteiger partial charge in [0.2, 0.25) is 5.88 Å². The Bertz CT molecular complexity index is 935. The number of carbonyl (C=O) groups excluding carboxylic acids is 1. The van der Waals surface area contributed by atoms with Gasteiger partial charge in [-0.2, -0.15) is 13.2 Å². The molecule has 26 heavy (non-hydrogen) atoms. The summed E-state index contributed by atoms with van der Waals surface area (Å²) in [4.78, 5) is 13.1. The average molecular weight is 446 g/mol. The summed E-state index contributed by atoms with van der Waals surface area (Å²) in [6, 6.07) is 8.09. The maximum Gasteiger partial charge on any atom is 0.416 e. The Morgan fingerprint density at radius 3 is 2.50 bits per heavy atom. The molecule has 0 atom stereocenters. The normalized spacial score (nSPS) is 11.5. The molecule has 136 valence electrons. The van der Waals surface area contributed by atoms with Gasteiger partial charge in [-0.15, -0.1) is 11.3 Å². The molecule has 0 unspecified atom stereocenters. The van der Waals surface area contributed by atoms with Crippen LogP contribution in [-0.4, -0.2) is 11.1 Å². The Hall–Kier alpha value is -2.33. The van der Waals surface area contributed by atoms with E-state index in [1.54, 1.807) is 12.1 Å². The fourth-order valence-electron chi connectivity index (χ4n) is 2.21. The minimum atomic E-state index is -4.40. The Labute approximate surface area is 158 Å². The summed E-state index contributed by atoms with van der Waals surface area (Å²) in [6.07, 6.45) is -4.40. The van der Waals surface area contributed by atoms with E-state index in [0.717, 1.165) is 15.9 Å². The summed E-state index contributed by atoms with van der Waals surface area (Å²) in [5.74, 6) is -0.655. The SMILES string of the molecule is Nc1onc(-c2ccc(Br)s2)c1C(=O)NCc1ccc(C(F)(F)F)cc1. The lowest BCUT2D eigenvalue weighted by Crippen LogP contribution is -2.23. The van der Waals surface area contributed by atoms with Crippen LogP contribution in [0.1, 0.15) is 21.5 Å². The van der Waals surface area contributed by atoms with Gasteiger partial charge in [-0.25, -0.2) is 0 Å². The number of hydrogen-bond donors (Lipinski definition) is 2. The van der Waals surface area contributed by atoms with Gasteiger partial charge in [0, 0.05) is 6.54 Å². The highest BCUT2D eigenvalue weighted by Crippen LogP contribution is 2.34. The van der Waals surface area contributed by atoms with Gasteiger partial charge in [0.25, 0.3) is 5.91 Å². The maximum atomic E-state index is 12.6. The number of thiophene rings is 1. The fourth-order valence-corrected chi connectivity index (χ4v) is 3.59. The van der Waals surface area contributed by atoms with Crippen LogP contribution in [0.5, 0.6) is 0 Å². The van der Waals surface area contributed by atoms with E-state index in [9.17, 15) is 18.0 Å². The van der Waals surface area contributed by atoms with Crippen LogP contribution in [0.3, 0.4) is 0 Å². The van der Waals surface area contributed by atoms with Gasteiger partial charge in [0.15, 0.2) is 0 Å². The van der Waals surface area contributed by atoms with Gasteiger partial charge in [0.05, 0.1) is 14.2 Å². The summed E-state index contributed by atoms with van der Waals surface area (Å²) in [5.41, 5.74) is 5.87. The summed E-state index contributed by atoms with van der Waals surface area (Å²) in [7, 11) is 0. The minimum Gasteiger partial charge on any atom is -0.367 e. The molecule has 0 spiro atoms. The van der Waals surface area contributed by atoms with E-state index in [2.05, 4.69) is 26.4 Å². The predicted molar refractivity (Wildman–Crippen MR) is 94.5 cm³/mol. The monoisotopic (exact) mass is 445 g/mol. The molecule has 3 rings (SSSR count). The van der Waals surface area contributed by atoms with Crippen LogP contribution in [0.4, 0.5) is 19.1 Å². The number of amides is 1. The predicted octanol–water partition coefficient (Wildman–Crippen LogP) is 4.70. The first-order chi connectivity index (χ1) is 12.3. The molecule has 0 saturated heterocycles. The van der Waals surface area contributed by atoms with E-state index in [-0.39, 0.29) is 18.0 Å². The molecule has 0 bridgehead atoms. The molecule has 3 aromatic rings. The van der Waals surface area contributed by atoms with Crippen molar-refractivity contribution in [2.24, 2.45) is 0 Å². The third-order valence-electron chi connectivity index (χ3n) is 3.49. The molecule has 0 fully saturated rings. The molecule has 0 saturated carbocycles. The van der Waals surface area contributed by atoms with Crippen LogP contribution < -0.4 is 11.1 Å². The van der Waals surface area contributed by atoms with Crippen LogP contribution >= 0.6 is 27.3 Å². The molecule has 0 aliphatic rings. The number of nitrogen functional groups attached to an aromatic ring is 1. The lowest BCUT2D eigenvalue weighted by molar-refractivity contribution is -0.137. The van der Waals surface area contributed by atoms with E-state index in [4.69, 9.17) is 10.3 Å². The van der Waals surface area contributed by atoms with Gasteiger partial charge < -0.3 is 15.6 Å². The quantitative estimate of drug-likeness (QED) is 0.609.